The van der Waals surface area contributed by atoms with Crippen LogP contribution in [0.15, 0.2) is 24.3 Å². The Bertz CT molecular complexity index is 192. The maximum absolute atomic E-state index is 3.80. The fraction of sp³-hybridized carbons (Fsp3) is 0.765. The van der Waals surface area contributed by atoms with Crippen molar-refractivity contribution in [2.45, 2.75) is 78.6 Å². The van der Waals surface area contributed by atoms with Gasteiger partial charge in [0.1, 0.15) is 0 Å². The lowest BCUT2D eigenvalue weighted by molar-refractivity contribution is 0.392. The standard InChI is InChI=1S/C17H32/c1-5-9-12-17(13-10-6-2)15-14-16(8-4)11-7-3/h7,11,17H,3,5-6,8-10,12-15H2,1-2,4H3/b16-11-. The van der Waals surface area contributed by atoms with Crippen LogP contribution in [0, 0.1) is 5.92 Å². The van der Waals surface area contributed by atoms with Gasteiger partial charge in [-0.2, -0.15) is 0 Å². The van der Waals surface area contributed by atoms with Crippen LogP contribution in [-0.2, 0) is 0 Å². The molecule has 0 aromatic heterocycles. The molecule has 100 valence electrons. The zero-order valence-corrected chi connectivity index (χ0v) is 12.3. The second-order valence-corrected chi connectivity index (χ2v) is 5.10. The molecule has 0 aromatic rings. The predicted molar refractivity (Wildman–Crippen MR) is 80.3 cm³/mol. The molecule has 0 aliphatic heterocycles. The van der Waals surface area contributed by atoms with Crippen molar-refractivity contribution in [3.05, 3.63) is 24.3 Å². The molecule has 0 heterocycles. The number of rotatable bonds is 11. The van der Waals surface area contributed by atoms with Crippen molar-refractivity contribution in [3.63, 3.8) is 0 Å². The predicted octanol–water partition coefficient (Wildman–Crippen LogP) is 6.29. The summed E-state index contributed by atoms with van der Waals surface area (Å²) in [5, 5.41) is 0. The fourth-order valence-corrected chi connectivity index (χ4v) is 2.35. The Kier molecular flexibility index (Phi) is 11.6. The van der Waals surface area contributed by atoms with E-state index in [1.807, 2.05) is 6.08 Å². The van der Waals surface area contributed by atoms with Crippen LogP contribution in [-0.4, -0.2) is 0 Å². The molecule has 0 bridgehead atoms. The molecule has 0 spiro atoms. The highest BCUT2D eigenvalue weighted by Gasteiger charge is 2.08. The van der Waals surface area contributed by atoms with Gasteiger partial charge in [-0.15, -0.1) is 0 Å². The Morgan fingerprint density at radius 3 is 2.00 bits per heavy atom. The minimum absolute atomic E-state index is 0.953. The van der Waals surface area contributed by atoms with E-state index in [9.17, 15) is 0 Å². The molecule has 0 saturated heterocycles. The van der Waals surface area contributed by atoms with Gasteiger partial charge in [0.15, 0.2) is 0 Å². The van der Waals surface area contributed by atoms with Crippen LogP contribution in [0.3, 0.4) is 0 Å². The Morgan fingerprint density at radius 2 is 1.59 bits per heavy atom. The van der Waals surface area contributed by atoms with Crippen LogP contribution in [0.25, 0.3) is 0 Å². The molecule has 0 radical (unpaired) electrons. The van der Waals surface area contributed by atoms with E-state index in [4.69, 9.17) is 0 Å². The van der Waals surface area contributed by atoms with Gasteiger partial charge in [0, 0.05) is 0 Å². The van der Waals surface area contributed by atoms with E-state index >= 15 is 0 Å². The van der Waals surface area contributed by atoms with Crippen molar-refractivity contribution in [2.24, 2.45) is 5.92 Å². The third-order valence-electron chi connectivity index (χ3n) is 3.61. The lowest BCUT2D eigenvalue weighted by Crippen LogP contribution is -2.01. The summed E-state index contributed by atoms with van der Waals surface area (Å²) in [4.78, 5) is 0. The lowest BCUT2D eigenvalue weighted by atomic mass is 9.89. The van der Waals surface area contributed by atoms with Crippen LogP contribution >= 0.6 is 0 Å². The van der Waals surface area contributed by atoms with Crippen LogP contribution in [0.5, 0.6) is 0 Å². The van der Waals surface area contributed by atoms with E-state index in [1.54, 1.807) is 5.57 Å². The van der Waals surface area contributed by atoms with E-state index in [2.05, 4.69) is 33.4 Å². The van der Waals surface area contributed by atoms with Crippen molar-refractivity contribution in [1.29, 1.82) is 0 Å². The quantitative estimate of drug-likeness (QED) is 0.370. The second kappa shape index (κ2) is 12.0. The van der Waals surface area contributed by atoms with Crippen LogP contribution in [0.1, 0.15) is 78.6 Å². The first-order valence-corrected chi connectivity index (χ1v) is 7.58. The first kappa shape index (κ1) is 16.5. The zero-order valence-electron chi connectivity index (χ0n) is 12.3. The van der Waals surface area contributed by atoms with Crippen LogP contribution < -0.4 is 0 Å². The van der Waals surface area contributed by atoms with Gasteiger partial charge in [-0.25, -0.2) is 0 Å². The summed E-state index contributed by atoms with van der Waals surface area (Å²) in [6.45, 7) is 10.6. The molecule has 0 rings (SSSR count). The summed E-state index contributed by atoms with van der Waals surface area (Å²) < 4.78 is 0. The minimum atomic E-state index is 0.953. The molecule has 0 aromatic carbocycles. The van der Waals surface area contributed by atoms with Gasteiger partial charge >= 0.3 is 0 Å². The van der Waals surface area contributed by atoms with Crippen LogP contribution in [0.2, 0.25) is 0 Å². The Hall–Kier alpha value is -0.520. The highest BCUT2D eigenvalue weighted by Crippen LogP contribution is 2.24. The smallest absolute Gasteiger partial charge is 0.0315 e. The molecule has 0 aliphatic rings. The first-order chi connectivity index (χ1) is 8.28. The third kappa shape index (κ3) is 9.21. The van der Waals surface area contributed by atoms with Gasteiger partial charge in [0.25, 0.3) is 0 Å². The molecule has 0 amide bonds. The van der Waals surface area contributed by atoms with Gasteiger partial charge < -0.3 is 0 Å². The van der Waals surface area contributed by atoms with Crippen molar-refractivity contribution in [3.8, 4) is 0 Å². The van der Waals surface area contributed by atoms with E-state index < -0.39 is 0 Å². The molecule has 0 nitrogen and oxygen atoms in total. The Labute approximate surface area is 109 Å². The first-order valence-electron chi connectivity index (χ1n) is 7.58. The largest absolute Gasteiger partial charge is 0.0991 e. The van der Waals surface area contributed by atoms with Crippen LogP contribution in [0.4, 0.5) is 0 Å². The number of unbranched alkanes of at least 4 members (excludes halogenated alkanes) is 2. The molecule has 0 heteroatoms. The summed E-state index contributed by atoms with van der Waals surface area (Å²) in [6.07, 6.45) is 16.3. The van der Waals surface area contributed by atoms with E-state index in [0.29, 0.717) is 0 Å². The maximum atomic E-state index is 3.80. The molecule has 0 N–H and O–H groups in total. The fourth-order valence-electron chi connectivity index (χ4n) is 2.35. The van der Waals surface area contributed by atoms with Crippen molar-refractivity contribution < 1.29 is 0 Å². The van der Waals surface area contributed by atoms with E-state index in [-0.39, 0.29) is 0 Å². The van der Waals surface area contributed by atoms with E-state index in [0.717, 1.165) is 5.92 Å². The third-order valence-corrected chi connectivity index (χ3v) is 3.61. The molecular formula is C17H32. The molecule has 0 aliphatic carbocycles. The zero-order chi connectivity index (χ0) is 12.9. The van der Waals surface area contributed by atoms with Gasteiger partial charge in [-0.1, -0.05) is 83.6 Å². The molecule has 0 saturated carbocycles. The number of hydrogen-bond donors (Lipinski definition) is 0. The average Bonchev–Trinajstić information content (AvgIpc) is 2.36. The second-order valence-electron chi connectivity index (χ2n) is 5.10. The molecule has 0 unspecified atom stereocenters. The topological polar surface area (TPSA) is 0 Å². The molecule has 0 fully saturated rings. The highest BCUT2D eigenvalue weighted by molar-refractivity contribution is 5.09. The summed E-state index contributed by atoms with van der Waals surface area (Å²) >= 11 is 0. The Balaban J connectivity index is 4.02. The number of hydrogen-bond acceptors (Lipinski definition) is 0. The maximum Gasteiger partial charge on any atom is -0.0315 e. The summed E-state index contributed by atoms with van der Waals surface area (Å²) in [5.41, 5.74) is 1.57. The minimum Gasteiger partial charge on any atom is -0.0991 e. The van der Waals surface area contributed by atoms with E-state index in [1.165, 1.54) is 57.8 Å². The highest BCUT2D eigenvalue weighted by atomic mass is 14.1. The monoisotopic (exact) mass is 236 g/mol. The van der Waals surface area contributed by atoms with Gasteiger partial charge in [0.05, 0.1) is 0 Å². The number of allylic oxidation sites excluding steroid dienone is 3. The van der Waals surface area contributed by atoms with Gasteiger partial charge in [0.2, 0.25) is 0 Å². The van der Waals surface area contributed by atoms with Crippen molar-refractivity contribution in [1.82, 2.24) is 0 Å². The average molecular weight is 236 g/mol. The summed E-state index contributed by atoms with van der Waals surface area (Å²) in [5.74, 6) is 0.953. The Morgan fingerprint density at radius 1 is 1.00 bits per heavy atom. The normalized spacial score (nSPS) is 12.1. The lowest BCUT2D eigenvalue weighted by Gasteiger charge is -2.17. The SMILES string of the molecule is C=C/C=C(/CC)CCC(CCCC)CCCC. The molecule has 0 atom stereocenters. The van der Waals surface area contributed by atoms with Crippen molar-refractivity contribution in [2.75, 3.05) is 0 Å². The van der Waals surface area contributed by atoms with Crippen molar-refractivity contribution >= 4 is 0 Å². The molecule has 17 heavy (non-hydrogen) atoms. The molecular weight excluding hydrogens is 204 g/mol. The summed E-state index contributed by atoms with van der Waals surface area (Å²) in [6, 6.07) is 0. The van der Waals surface area contributed by atoms with Gasteiger partial charge in [-0.05, 0) is 25.2 Å². The summed E-state index contributed by atoms with van der Waals surface area (Å²) in [7, 11) is 0. The van der Waals surface area contributed by atoms with Gasteiger partial charge in [-0.3, -0.25) is 0 Å².